The number of hydrogen-bond acceptors (Lipinski definition) is 5. The number of benzene rings is 1. The van der Waals surface area contributed by atoms with Crippen LogP contribution in [-0.2, 0) is 26.2 Å². The van der Waals surface area contributed by atoms with Gasteiger partial charge in [0.15, 0.2) is 5.41 Å². The Morgan fingerprint density at radius 3 is 2.57 bits per heavy atom. The van der Waals surface area contributed by atoms with Crippen molar-refractivity contribution in [2.24, 2.45) is 0 Å². The van der Waals surface area contributed by atoms with Gasteiger partial charge in [-0.15, -0.1) is 11.3 Å². The average Bonchev–Trinajstić information content (AvgIpc) is 2.98. The third-order valence-electron chi connectivity index (χ3n) is 3.19. The van der Waals surface area contributed by atoms with E-state index in [2.05, 4.69) is 4.98 Å². The summed E-state index contributed by atoms with van der Waals surface area (Å²) in [7, 11) is 0. The molecule has 0 bridgehead atoms. The SMILES string of the molecule is CCOC(=O)C(Cc1cscn1)(C(=O)O)c1ccccc1. The Balaban J connectivity index is 2.54. The fourth-order valence-electron chi connectivity index (χ4n) is 2.15. The molecular weight excluding hydrogens is 290 g/mol. The molecule has 1 N–H and O–H groups in total. The van der Waals surface area contributed by atoms with Gasteiger partial charge in [-0.1, -0.05) is 30.3 Å². The molecule has 1 aromatic carbocycles. The fourth-order valence-corrected chi connectivity index (χ4v) is 2.71. The van der Waals surface area contributed by atoms with Gasteiger partial charge in [-0.05, 0) is 12.5 Å². The van der Waals surface area contributed by atoms with Crippen LogP contribution in [0.25, 0.3) is 0 Å². The quantitative estimate of drug-likeness (QED) is 0.654. The summed E-state index contributed by atoms with van der Waals surface area (Å²) in [5.74, 6) is -2.00. The lowest BCUT2D eigenvalue weighted by atomic mass is 9.76. The molecule has 5 nitrogen and oxygen atoms in total. The van der Waals surface area contributed by atoms with Crippen LogP contribution >= 0.6 is 11.3 Å². The van der Waals surface area contributed by atoms with Crippen molar-refractivity contribution < 1.29 is 19.4 Å². The predicted molar refractivity (Wildman–Crippen MR) is 78.2 cm³/mol. The Morgan fingerprint density at radius 1 is 1.33 bits per heavy atom. The van der Waals surface area contributed by atoms with E-state index in [1.165, 1.54) is 11.3 Å². The second kappa shape index (κ2) is 6.49. The van der Waals surface area contributed by atoms with Gasteiger partial charge >= 0.3 is 11.9 Å². The van der Waals surface area contributed by atoms with Crippen molar-refractivity contribution >= 4 is 23.3 Å². The third kappa shape index (κ3) is 2.95. The van der Waals surface area contributed by atoms with Crippen LogP contribution in [0.2, 0.25) is 0 Å². The highest BCUT2D eigenvalue weighted by Crippen LogP contribution is 2.31. The van der Waals surface area contributed by atoms with E-state index in [1.807, 2.05) is 0 Å². The maximum absolute atomic E-state index is 12.4. The standard InChI is InChI=1S/C15H15NO4S/c1-2-20-14(19)15(13(17)18,8-12-9-21-10-16-12)11-6-4-3-5-7-11/h3-7,9-10H,2,8H2,1H3,(H,17,18). The average molecular weight is 305 g/mol. The number of ether oxygens (including phenoxy) is 1. The largest absolute Gasteiger partial charge is 0.480 e. The van der Waals surface area contributed by atoms with E-state index >= 15 is 0 Å². The summed E-state index contributed by atoms with van der Waals surface area (Å²) in [6, 6.07) is 8.42. The summed E-state index contributed by atoms with van der Waals surface area (Å²) in [6.07, 6.45) is -0.0331. The highest BCUT2D eigenvalue weighted by Gasteiger charge is 2.49. The molecule has 0 aliphatic carbocycles. The summed E-state index contributed by atoms with van der Waals surface area (Å²) in [4.78, 5) is 28.4. The summed E-state index contributed by atoms with van der Waals surface area (Å²) >= 11 is 1.36. The monoisotopic (exact) mass is 305 g/mol. The fraction of sp³-hybridized carbons (Fsp3) is 0.267. The van der Waals surface area contributed by atoms with E-state index in [4.69, 9.17) is 4.74 Å². The van der Waals surface area contributed by atoms with Crippen LogP contribution < -0.4 is 0 Å². The molecule has 110 valence electrons. The number of nitrogens with zero attached hydrogens (tertiary/aromatic N) is 1. The summed E-state index contributed by atoms with van der Waals surface area (Å²) < 4.78 is 5.03. The molecule has 0 aliphatic rings. The van der Waals surface area contributed by atoms with Crippen molar-refractivity contribution in [3.05, 3.63) is 52.5 Å². The van der Waals surface area contributed by atoms with E-state index in [1.54, 1.807) is 48.1 Å². The first-order valence-corrected chi connectivity index (χ1v) is 7.38. The van der Waals surface area contributed by atoms with E-state index in [9.17, 15) is 14.7 Å². The third-order valence-corrected chi connectivity index (χ3v) is 3.82. The van der Waals surface area contributed by atoms with Crippen LogP contribution in [0.3, 0.4) is 0 Å². The number of hydrogen-bond donors (Lipinski definition) is 1. The van der Waals surface area contributed by atoms with E-state index in [-0.39, 0.29) is 13.0 Å². The van der Waals surface area contributed by atoms with Gasteiger partial charge in [0.05, 0.1) is 17.8 Å². The zero-order valence-corrected chi connectivity index (χ0v) is 12.3. The lowest BCUT2D eigenvalue weighted by Crippen LogP contribution is -2.47. The molecule has 0 fully saturated rings. The lowest BCUT2D eigenvalue weighted by Gasteiger charge is -2.27. The molecule has 0 saturated carbocycles. The van der Waals surface area contributed by atoms with Gasteiger partial charge in [-0.25, -0.2) is 4.98 Å². The zero-order valence-electron chi connectivity index (χ0n) is 11.5. The van der Waals surface area contributed by atoms with Gasteiger partial charge in [0.2, 0.25) is 0 Å². The molecule has 0 aliphatic heterocycles. The molecule has 1 atom stereocenters. The number of aromatic nitrogens is 1. The molecule has 6 heteroatoms. The predicted octanol–water partition coefficient (Wildman–Crippen LogP) is 2.27. The van der Waals surface area contributed by atoms with E-state index < -0.39 is 17.4 Å². The molecule has 2 rings (SSSR count). The first kappa shape index (κ1) is 15.2. The van der Waals surface area contributed by atoms with Crippen LogP contribution in [0.4, 0.5) is 0 Å². The smallest absolute Gasteiger partial charge is 0.328 e. The summed E-state index contributed by atoms with van der Waals surface area (Å²) in [6.45, 7) is 1.77. The van der Waals surface area contributed by atoms with Crippen LogP contribution in [0.15, 0.2) is 41.2 Å². The topological polar surface area (TPSA) is 76.5 Å². The number of esters is 1. The number of carbonyl (C=O) groups excluding carboxylic acids is 1. The molecule has 1 unspecified atom stereocenters. The normalized spacial score (nSPS) is 13.4. The molecule has 0 saturated heterocycles. The van der Waals surface area contributed by atoms with Crippen LogP contribution in [0.5, 0.6) is 0 Å². The summed E-state index contributed by atoms with van der Waals surface area (Å²) in [5.41, 5.74) is 0.784. The highest BCUT2D eigenvalue weighted by atomic mass is 32.1. The maximum atomic E-state index is 12.4. The first-order valence-electron chi connectivity index (χ1n) is 6.44. The molecular formula is C15H15NO4S. The van der Waals surface area contributed by atoms with E-state index in [0.717, 1.165) is 0 Å². The van der Waals surface area contributed by atoms with Crippen molar-refractivity contribution in [1.29, 1.82) is 0 Å². The number of aliphatic carboxylic acids is 1. The Bertz CT molecular complexity index is 612. The number of thiazole rings is 1. The highest BCUT2D eigenvalue weighted by molar-refractivity contribution is 7.07. The number of carboxylic acids is 1. The van der Waals surface area contributed by atoms with Crippen LogP contribution in [0, 0.1) is 0 Å². The second-order valence-electron chi connectivity index (χ2n) is 4.45. The number of carboxylic acid groups (broad SMARTS) is 1. The minimum Gasteiger partial charge on any atom is -0.480 e. The van der Waals surface area contributed by atoms with Crippen molar-refractivity contribution in [3.8, 4) is 0 Å². The zero-order chi connectivity index (χ0) is 15.3. The Kier molecular flexibility index (Phi) is 4.70. The number of carbonyl (C=O) groups is 2. The van der Waals surface area contributed by atoms with Crippen molar-refractivity contribution in [3.63, 3.8) is 0 Å². The Morgan fingerprint density at radius 2 is 2.05 bits per heavy atom. The van der Waals surface area contributed by atoms with E-state index in [0.29, 0.717) is 11.3 Å². The lowest BCUT2D eigenvalue weighted by molar-refractivity contribution is -0.161. The van der Waals surface area contributed by atoms with Crippen molar-refractivity contribution in [1.82, 2.24) is 4.98 Å². The molecule has 21 heavy (non-hydrogen) atoms. The van der Waals surface area contributed by atoms with Crippen LogP contribution in [0.1, 0.15) is 18.2 Å². The van der Waals surface area contributed by atoms with Crippen LogP contribution in [-0.4, -0.2) is 28.6 Å². The Hall–Kier alpha value is -2.21. The minimum absolute atomic E-state index is 0.0331. The maximum Gasteiger partial charge on any atom is 0.328 e. The Labute approximate surface area is 126 Å². The molecule has 1 aromatic heterocycles. The molecule has 0 amide bonds. The van der Waals surface area contributed by atoms with Gasteiger partial charge in [0.1, 0.15) is 0 Å². The molecule has 0 radical (unpaired) electrons. The minimum atomic E-state index is -1.77. The van der Waals surface area contributed by atoms with Gasteiger partial charge in [-0.2, -0.15) is 0 Å². The van der Waals surface area contributed by atoms with Crippen molar-refractivity contribution in [2.45, 2.75) is 18.8 Å². The van der Waals surface area contributed by atoms with Gasteiger partial charge in [-0.3, -0.25) is 9.59 Å². The molecule has 0 spiro atoms. The van der Waals surface area contributed by atoms with Gasteiger partial charge < -0.3 is 9.84 Å². The number of rotatable bonds is 6. The van der Waals surface area contributed by atoms with Gasteiger partial charge in [0.25, 0.3) is 0 Å². The summed E-state index contributed by atoms with van der Waals surface area (Å²) in [5, 5.41) is 11.5. The second-order valence-corrected chi connectivity index (χ2v) is 5.17. The van der Waals surface area contributed by atoms with Gasteiger partial charge in [0, 0.05) is 11.8 Å². The first-order chi connectivity index (χ1) is 10.1. The van der Waals surface area contributed by atoms with Crippen molar-refractivity contribution in [2.75, 3.05) is 6.61 Å². The molecule has 2 aromatic rings. The molecule has 1 heterocycles.